The molecule has 0 amide bonds. The summed E-state index contributed by atoms with van der Waals surface area (Å²) in [5, 5.41) is 26.1. The lowest BCUT2D eigenvalue weighted by atomic mass is 9.83. The summed E-state index contributed by atoms with van der Waals surface area (Å²) in [6, 6.07) is 5.33. The maximum atomic E-state index is 14.3. The van der Waals surface area contributed by atoms with Crippen LogP contribution in [0.15, 0.2) is 96.5 Å². The van der Waals surface area contributed by atoms with Gasteiger partial charge < -0.3 is 80.5 Å². The fraction of sp³-hybridized carbons (Fsp3) is 0.632. The summed E-state index contributed by atoms with van der Waals surface area (Å²) in [5.41, 5.74) is 69.2. The molecule has 47 heteroatoms. The molecule has 5 fully saturated rings. The van der Waals surface area contributed by atoms with Crippen LogP contribution in [0.3, 0.4) is 0 Å². The molecule has 0 bridgehead atoms. The minimum atomic E-state index is -2.31. The molecule has 5 aliphatic rings. The van der Waals surface area contributed by atoms with Crippen LogP contribution in [-0.4, -0.2) is 227 Å². The Labute approximate surface area is 584 Å². The molecule has 9 unspecified atom stereocenters. The Bertz CT molecular complexity index is 3810. The lowest BCUT2D eigenvalue weighted by Gasteiger charge is -2.48. The predicted molar refractivity (Wildman–Crippen MR) is 334 cm³/mol. The van der Waals surface area contributed by atoms with Crippen LogP contribution in [0.1, 0.15) is 75.6 Å². The zero-order chi connectivity index (χ0) is 75.7. The van der Waals surface area contributed by atoms with Crippen LogP contribution in [-0.2, 0) is 114 Å². The maximum absolute atomic E-state index is 14.3. The topological polar surface area (TPSA) is 652 Å². The molecule has 554 valence electrons. The average molecular weight is 1460 g/mol. The molecule has 0 aromatic heterocycles. The van der Waals surface area contributed by atoms with Crippen molar-refractivity contribution < 1.29 is 124 Å². The summed E-state index contributed by atoms with van der Waals surface area (Å²) in [6.45, 7) is 3.16. The third kappa shape index (κ3) is 21.1. The van der Waals surface area contributed by atoms with E-state index >= 15 is 0 Å². The monoisotopic (exact) mass is 1460 g/mol. The Morgan fingerprint density at radius 1 is 0.356 bits per heavy atom. The first-order valence-corrected chi connectivity index (χ1v) is 31.0. The summed E-state index contributed by atoms with van der Waals surface area (Å²) in [5.74, 6) is -9.67. The normalized spacial score (nSPS) is 31.7. The van der Waals surface area contributed by atoms with Crippen LogP contribution in [0.2, 0.25) is 0 Å². The second-order valence-corrected chi connectivity index (χ2v) is 22.7. The Kier molecular flexibility index (Phi) is 29.6. The van der Waals surface area contributed by atoms with E-state index in [1.807, 2.05) is 0 Å². The highest BCUT2D eigenvalue weighted by Crippen LogP contribution is 2.42. The molecular weight excluding hydrogens is 1390 g/mol. The Morgan fingerprint density at radius 2 is 0.721 bits per heavy atom. The standard InChI is InChI=1S/C57H65N21O26/c1-23(79)88-21-36-38(69-76-62)46(100-52(86)30-14-10-8-11-15-30)51(101-53(87)31-16-12-9-13-17-31)56(98-36)89-22-37-45(103-55-40(71-78-64)48(94-28(6)84)44(92-26(4)82)35(97-55)20-66-73-59)50(95-29(7)85)57(99-37)104-49-41(90-24(2)80)32(67-74-60)18-33(68-75-61)42(49)102-54-39(70-77-63)47(93-27(5)83)43(91-25(3)81)34(96-54)19-65-72-58/h8-17,32-51,54-57H,18-22H2,1-7H3/t32-,33?,34?,35+,36?,37-,38+,39?,40?,41?,42+,43+,44-,45+,46+,47-,48?,49-,50?,51?,54+,55-,56-,57+/m1/s1. The number of carbonyl (C=O) groups excluding carboxylic acids is 9. The molecule has 4 saturated heterocycles. The number of benzene rings is 2. The first kappa shape index (κ1) is 79.8. The summed E-state index contributed by atoms with van der Waals surface area (Å²) in [7, 11) is 0. The highest BCUT2D eigenvalue weighted by atomic mass is 16.8. The Balaban J connectivity index is 1.46. The van der Waals surface area contributed by atoms with E-state index in [0.717, 1.165) is 48.5 Å². The first-order valence-electron chi connectivity index (χ1n) is 31.0. The van der Waals surface area contributed by atoms with Gasteiger partial charge in [-0.1, -0.05) is 72.2 Å². The van der Waals surface area contributed by atoms with E-state index in [1.54, 1.807) is 12.1 Å². The second kappa shape index (κ2) is 38.5. The molecule has 0 N–H and O–H groups in total. The second-order valence-electron chi connectivity index (χ2n) is 22.7. The fourth-order valence-electron chi connectivity index (χ4n) is 11.8. The molecule has 0 spiro atoms. The fourth-order valence-corrected chi connectivity index (χ4v) is 11.8. The number of esters is 9. The van der Waals surface area contributed by atoms with Crippen LogP contribution in [0.5, 0.6) is 0 Å². The largest absolute Gasteiger partial charge is 0.463 e. The van der Waals surface area contributed by atoms with E-state index in [9.17, 15) is 81.9 Å². The van der Waals surface area contributed by atoms with Crippen molar-refractivity contribution >= 4 is 53.7 Å². The van der Waals surface area contributed by atoms with Crippen LogP contribution >= 0.6 is 0 Å². The lowest BCUT2D eigenvalue weighted by molar-refractivity contribution is -0.311. The van der Waals surface area contributed by atoms with Gasteiger partial charge in [-0.2, -0.15) is 0 Å². The predicted octanol–water partition coefficient (Wildman–Crippen LogP) is 6.08. The Hall–Kier alpha value is -11.5. The molecule has 24 atom stereocenters. The first-order chi connectivity index (χ1) is 49.9. The molecule has 4 heterocycles. The van der Waals surface area contributed by atoms with Crippen molar-refractivity contribution in [1.82, 2.24) is 0 Å². The van der Waals surface area contributed by atoms with Gasteiger partial charge >= 0.3 is 53.7 Å². The third-order valence-corrected chi connectivity index (χ3v) is 15.7. The molecule has 47 nitrogen and oxygen atoms in total. The van der Waals surface area contributed by atoms with Crippen LogP contribution in [0.25, 0.3) is 73.1 Å². The van der Waals surface area contributed by atoms with Crippen molar-refractivity contribution in [2.75, 3.05) is 26.3 Å². The lowest BCUT2D eigenvalue weighted by Crippen LogP contribution is -2.65. The van der Waals surface area contributed by atoms with Crippen molar-refractivity contribution in [3.63, 3.8) is 0 Å². The van der Waals surface area contributed by atoms with Gasteiger partial charge in [-0.05, 0) is 69.4 Å². The van der Waals surface area contributed by atoms with Gasteiger partial charge in [-0.15, -0.1) is 0 Å². The summed E-state index contributed by atoms with van der Waals surface area (Å²) < 4.78 is 103. The molecule has 2 aromatic rings. The summed E-state index contributed by atoms with van der Waals surface area (Å²) in [6.07, 6.45) is -38.1. The van der Waals surface area contributed by atoms with Crippen molar-refractivity contribution in [2.45, 2.75) is 202 Å². The van der Waals surface area contributed by atoms with Crippen LogP contribution < -0.4 is 0 Å². The number of rotatable bonds is 30. The van der Waals surface area contributed by atoms with Crippen LogP contribution in [0.4, 0.5) is 0 Å². The highest BCUT2D eigenvalue weighted by molar-refractivity contribution is 5.90. The molecule has 1 aliphatic carbocycles. The minimum absolute atomic E-state index is 0.0862. The smallest absolute Gasteiger partial charge is 0.338 e. The summed E-state index contributed by atoms with van der Waals surface area (Å²) in [4.78, 5) is 139. The van der Waals surface area contributed by atoms with Gasteiger partial charge in [-0.25, -0.2) is 9.59 Å². The SMILES string of the molecule is CC(=O)OCC1O[C@@H](OC[C@H]2O[C@@H](O[C@@H]3C(OC(C)=O)[C@H](N=[N+]=[N-])CC(N=[N+]=[N-])[C@@H]3O[C@@H]3OC(CN=[N+]=[N-])[C@H](OC(C)=O)[C@H](OC(C)=O)C3N=[N+]=[N-])C(OC(C)=O)[C@H]2O[C@H]2O[C@@H](CN=[N+]=[N-])[C@@H](OC(C)=O)C(OC(C)=O)C2N=[N+]=[N-])C(OC(=O)c2ccccc2)[C@@H](OC(=O)c2ccccc2)[C@H]1N=[N+]=[N-]. The number of nitrogens with zero attached hydrogens (tertiary/aromatic N) is 21. The molecule has 104 heavy (non-hydrogen) atoms. The van der Waals surface area contributed by atoms with Crippen molar-refractivity contribution in [3.05, 3.63) is 145 Å². The van der Waals surface area contributed by atoms with E-state index < -0.39 is 233 Å². The van der Waals surface area contributed by atoms with Gasteiger partial charge in [0, 0.05) is 82.8 Å². The van der Waals surface area contributed by atoms with E-state index in [0.29, 0.717) is 0 Å². The summed E-state index contributed by atoms with van der Waals surface area (Å²) >= 11 is 0. The zero-order valence-electron chi connectivity index (χ0n) is 55.7. The third-order valence-electron chi connectivity index (χ3n) is 15.7. The van der Waals surface area contributed by atoms with Gasteiger partial charge in [0.05, 0.1) is 49.0 Å². The number of azide groups is 7. The van der Waals surface area contributed by atoms with Crippen molar-refractivity contribution in [1.29, 1.82) is 0 Å². The molecule has 7 rings (SSSR count). The number of carbonyl (C=O) groups is 9. The number of hydrogen-bond acceptors (Lipinski definition) is 33. The number of hydrogen-bond donors (Lipinski definition) is 0. The van der Waals surface area contributed by atoms with E-state index in [1.165, 1.54) is 48.5 Å². The quantitative estimate of drug-likeness (QED) is 0.0281. The van der Waals surface area contributed by atoms with Gasteiger partial charge in [0.1, 0.15) is 67.5 Å². The molecule has 0 radical (unpaired) electrons. The Morgan fingerprint density at radius 3 is 1.16 bits per heavy atom. The molecule has 2 aromatic carbocycles. The average Bonchev–Trinajstić information content (AvgIpc) is 1.63. The maximum Gasteiger partial charge on any atom is 0.338 e. The molecule has 4 aliphatic heterocycles. The van der Waals surface area contributed by atoms with Crippen molar-refractivity contribution in [2.24, 2.45) is 35.8 Å². The van der Waals surface area contributed by atoms with Gasteiger partial charge in [0.25, 0.3) is 0 Å². The van der Waals surface area contributed by atoms with Gasteiger partial charge in [-0.3, -0.25) is 33.6 Å². The van der Waals surface area contributed by atoms with Gasteiger partial charge in [0.2, 0.25) is 0 Å². The van der Waals surface area contributed by atoms with E-state index in [4.69, 9.17) is 80.5 Å². The molecule has 1 saturated carbocycles. The van der Waals surface area contributed by atoms with Crippen molar-refractivity contribution in [3.8, 4) is 0 Å². The van der Waals surface area contributed by atoms with Crippen LogP contribution in [0, 0.1) is 0 Å². The van der Waals surface area contributed by atoms with Gasteiger partial charge in [0.15, 0.2) is 67.9 Å². The number of ether oxygens (including phenoxy) is 17. The van der Waals surface area contributed by atoms with E-state index in [-0.39, 0.29) is 11.1 Å². The zero-order valence-corrected chi connectivity index (χ0v) is 55.7. The molecular formula is C57H65N21O26. The van der Waals surface area contributed by atoms with E-state index in [2.05, 4.69) is 70.2 Å². The highest BCUT2D eigenvalue weighted by Gasteiger charge is 2.60. The minimum Gasteiger partial charge on any atom is -0.463 e.